The summed E-state index contributed by atoms with van der Waals surface area (Å²) in [5.74, 6) is 2.24. The molecule has 2 aliphatic rings. The molecule has 0 spiro atoms. The molecule has 0 N–H and O–H groups in total. The maximum absolute atomic E-state index is 5.25. The van der Waals surface area contributed by atoms with Crippen LogP contribution in [0.25, 0.3) is 89.7 Å². The average molecular weight is 792 g/mol. The Hall–Kier alpha value is -5.24. The van der Waals surface area contributed by atoms with Crippen LogP contribution >= 0.6 is 0 Å². The van der Waals surface area contributed by atoms with Gasteiger partial charge in [-0.2, -0.15) is 0 Å². The average Bonchev–Trinajstić information content (AvgIpc) is 3.84. The Morgan fingerprint density at radius 1 is 0.316 bits per heavy atom. The van der Waals surface area contributed by atoms with Crippen molar-refractivity contribution in [3.05, 3.63) is 95.1 Å². The van der Waals surface area contributed by atoms with Crippen LogP contribution in [-0.4, -0.2) is 29.9 Å². The zero-order valence-corrected chi connectivity index (χ0v) is 36.1. The van der Waals surface area contributed by atoms with Gasteiger partial charge in [-0.25, -0.2) is 9.97 Å². The first-order valence-electron chi connectivity index (χ1n) is 19.5. The molecule has 3 aromatic heterocycles. The summed E-state index contributed by atoms with van der Waals surface area (Å²) in [6.07, 6.45) is 0. The van der Waals surface area contributed by atoms with Crippen LogP contribution in [0.5, 0.6) is 0 Å². The Bertz CT molecular complexity index is 2760. The number of hydrogen-bond donors (Lipinski definition) is 0. The van der Waals surface area contributed by atoms with Crippen molar-refractivity contribution < 1.29 is 17.1 Å². The third kappa shape index (κ3) is 6.65. The molecular formula is C48H48MnN8. The summed E-state index contributed by atoms with van der Waals surface area (Å²) < 4.78 is 0. The first kappa shape index (κ1) is 38.6. The second kappa shape index (κ2) is 12.9. The summed E-state index contributed by atoms with van der Waals surface area (Å²) in [6, 6.07) is 25.9. The van der Waals surface area contributed by atoms with Crippen molar-refractivity contribution in [3.63, 3.8) is 0 Å². The van der Waals surface area contributed by atoms with Crippen LogP contribution in [0.1, 0.15) is 105 Å². The van der Waals surface area contributed by atoms with Crippen molar-refractivity contribution in [2.45, 2.75) is 105 Å². The minimum absolute atomic E-state index is 0. The first-order valence-corrected chi connectivity index (χ1v) is 19.5. The standard InChI is InChI=1S/C48H48N8.Mn/c1-45(2,3)25-13-17-29-33(21-25)41-49-37(29)54-42-35-23-27(47(7,8)9)15-19-31(35)39(51-42)56-44-36-24-28(48(10,11)12)16-20-32(36)40(52-44)55-43-34-22-26(46(4,5)6)14-18-30(34)38(50-43)53-41;/h13-24H,1-12H3;/q-2;+2. The van der Waals surface area contributed by atoms with Crippen molar-refractivity contribution in [2.24, 2.45) is 0 Å². The Kier molecular flexibility index (Phi) is 8.73. The largest absolute Gasteiger partial charge is 2.00 e. The van der Waals surface area contributed by atoms with Crippen LogP contribution in [0.2, 0.25) is 0 Å². The van der Waals surface area contributed by atoms with E-state index in [9.17, 15) is 0 Å². The van der Waals surface area contributed by atoms with E-state index in [4.69, 9.17) is 39.9 Å². The number of benzene rings is 4. The summed E-state index contributed by atoms with van der Waals surface area (Å²) >= 11 is 0. The van der Waals surface area contributed by atoms with Crippen molar-refractivity contribution >= 4 is 44.1 Å². The van der Waals surface area contributed by atoms with Gasteiger partial charge < -0.3 is 29.9 Å². The smallest absolute Gasteiger partial charge is 0.357 e. The normalized spacial score (nSPS) is 13.1. The van der Waals surface area contributed by atoms with Gasteiger partial charge in [-0.05, 0) is 89.7 Å². The molecule has 0 saturated heterocycles. The summed E-state index contributed by atoms with van der Waals surface area (Å²) in [5, 5.41) is 3.64. The zero-order valence-electron chi connectivity index (χ0n) is 34.9. The molecule has 4 aromatic carbocycles. The fourth-order valence-electron chi connectivity index (χ4n) is 7.53. The second-order valence-electron chi connectivity index (χ2n) is 19.5. The molecule has 0 atom stereocenters. The predicted molar refractivity (Wildman–Crippen MR) is 229 cm³/mol. The summed E-state index contributed by atoms with van der Waals surface area (Å²) in [4.78, 5) is 41.6. The minimum Gasteiger partial charge on any atom is -0.357 e. The SMILES string of the molecule is CC(C)(C)c1ccc2c(c1)-c1nc-2nc2[n-]c(nc3nc(nc4[n-]c(n1)c1ccc(C(C)(C)C)cc41)-c1ccc(C(C)(C)C)cc1-3)c1ccc(C(C)(C)C)cc21.[Mn+2]. The molecular weight excluding hydrogens is 744 g/mol. The first-order chi connectivity index (χ1) is 26.2. The van der Waals surface area contributed by atoms with E-state index < -0.39 is 0 Å². The van der Waals surface area contributed by atoms with Crippen LogP contribution in [0, 0.1) is 0 Å². The maximum atomic E-state index is 5.25. The van der Waals surface area contributed by atoms with E-state index in [1.54, 1.807) is 0 Å². The van der Waals surface area contributed by atoms with Crippen molar-refractivity contribution in [1.82, 2.24) is 39.9 Å². The van der Waals surface area contributed by atoms with Crippen LogP contribution < -0.4 is 9.97 Å². The third-order valence-corrected chi connectivity index (χ3v) is 11.2. The van der Waals surface area contributed by atoms with Crippen LogP contribution in [-0.2, 0) is 38.7 Å². The van der Waals surface area contributed by atoms with E-state index in [-0.39, 0.29) is 38.7 Å². The van der Waals surface area contributed by atoms with Gasteiger partial charge in [0.2, 0.25) is 0 Å². The van der Waals surface area contributed by atoms with Crippen LogP contribution in [0.15, 0.2) is 72.8 Å². The molecule has 0 unspecified atom stereocenters. The zero-order chi connectivity index (χ0) is 39.7. The van der Waals surface area contributed by atoms with Gasteiger partial charge in [0.25, 0.3) is 0 Å². The van der Waals surface area contributed by atoms with E-state index in [0.29, 0.717) is 45.9 Å². The third-order valence-electron chi connectivity index (χ3n) is 11.2. The van der Waals surface area contributed by atoms with Crippen molar-refractivity contribution in [1.29, 1.82) is 0 Å². The molecule has 0 fully saturated rings. The number of hydrogen-bond acceptors (Lipinski definition) is 6. The van der Waals surface area contributed by atoms with Gasteiger partial charge in [0, 0.05) is 44.8 Å². The Balaban J connectivity index is 0.00000455. The van der Waals surface area contributed by atoms with Gasteiger partial charge in [0.05, 0.1) is 23.3 Å². The molecule has 2 aliphatic heterocycles. The number of aromatic nitrogens is 8. The molecule has 0 saturated carbocycles. The molecule has 287 valence electrons. The quantitative estimate of drug-likeness (QED) is 0.140. The monoisotopic (exact) mass is 791 g/mol. The molecule has 7 aromatic rings. The predicted octanol–water partition coefficient (Wildman–Crippen LogP) is 11.3. The van der Waals surface area contributed by atoms with E-state index >= 15 is 0 Å². The van der Waals surface area contributed by atoms with E-state index in [1.165, 1.54) is 22.3 Å². The topological polar surface area (TPSA) is 106 Å². The summed E-state index contributed by atoms with van der Waals surface area (Å²) in [7, 11) is 0. The van der Waals surface area contributed by atoms with Crippen LogP contribution in [0.4, 0.5) is 0 Å². The molecule has 57 heavy (non-hydrogen) atoms. The maximum Gasteiger partial charge on any atom is 2.00 e. The fourth-order valence-corrected chi connectivity index (χ4v) is 7.53. The minimum atomic E-state index is -0.0826. The number of nitrogens with zero attached hydrogens (tertiary/aromatic N) is 8. The molecule has 8 bridgehead atoms. The molecule has 5 heterocycles. The molecule has 9 rings (SSSR count). The van der Waals surface area contributed by atoms with Crippen molar-refractivity contribution in [3.8, 4) is 45.6 Å². The molecule has 9 heteroatoms. The second-order valence-corrected chi connectivity index (χ2v) is 19.5. The Morgan fingerprint density at radius 3 is 0.930 bits per heavy atom. The van der Waals surface area contributed by atoms with Gasteiger partial charge in [-0.15, -0.1) is 0 Å². The number of rotatable bonds is 0. The Morgan fingerprint density at radius 2 is 0.596 bits per heavy atom. The van der Waals surface area contributed by atoms with Crippen LogP contribution in [0.3, 0.4) is 0 Å². The van der Waals surface area contributed by atoms with E-state index in [0.717, 1.165) is 43.8 Å². The molecule has 1 radical (unpaired) electrons. The van der Waals surface area contributed by atoms with E-state index in [1.807, 2.05) is 0 Å². The number of fused-ring (bicyclic) bond motifs is 20. The molecule has 8 nitrogen and oxygen atoms in total. The molecule has 0 amide bonds. The van der Waals surface area contributed by atoms with Gasteiger partial charge in [0.1, 0.15) is 0 Å². The van der Waals surface area contributed by atoms with Gasteiger partial charge in [0.15, 0.2) is 0 Å². The van der Waals surface area contributed by atoms with Gasteiger partial charge >= 0.3 is 17.1 Å². The molecule has 0 aliphatic carbocycles. The van der Waals surface area contributed by atoms with Gasteiger partial charge in [-0.1, -0.05) is 132 Å². The van der Waals surface area contributed by atoms with Crippen molar-refractivity contribution in [2.75, 3.05) is 0 Å². The van der Waals surface area contributed by atoms with Gasteiger partial charge in [-0.3, -0.25) is 0 Å². The fraction of sp³-hybridized carbons (Fsp3) is 0.333. The summed E-state index contributed by atoms with van der Waals surface area (Å²) in [6.45, 7) is 26.6. The Labute approximate surface area is 345 Å². The summed E-state index contributed by atoms with van der Waals surface area (Å²) in [5.41, 5.74) is 10.3. The van der Waals surface area contributed by atoms with E-state index in [2.05, 4.69) is 156 Å².